The minimum absolute atomic E-state index is 0.0724. The average molecular weight is 446 g/mol. The molecule has 1 saturated heterocycles. The van der Waals surface area contributed by atoms with Crippen LogP contribution in [0.25, 0.3) is 16.8 Å². The molecule has 160 valence electrons. The highest BCUT2D eigenvalue weighted by molar-refractivity contribution is 7.80. The summed E-state index contributed by atoms with van der Waals surface area (Å²) in [5.41, 5.74) is 1.02. The Hall–Kier alpha value is -4.04. The van der Waals surface area contributed by atoms with Crippen molar-refractivity contribution < 1.29 is 24.2 Å². The second kappa shape index (κ2) is 8.60. The fourth-order valence-corrected chi connectivity index (χ4v) is 3.78. The molecule has 0 unspecified atom stereocenters. The number of hydrogen-bond donors (Lipinski definition) is 2. The van der Waals surface area contributed by atoms with Gasteiger partial charge in [0, 0.05) is 5.39 Å². The molecule has 0 saturated carbocycles. The Kier molecular flexibility index (Phi) is 5.70. The van der Waals surface area contributed by atoms with E-state index < -0.39 is 17.8 Å². The topological polar surface area (TPSA) is 95.9 Å². The van der Waals surface area contributed by atoms with Crippen molar-refractivity contribution in [3.63, 3.8) is 0 Å². The van der Waals surface area contributed by atoms with Gasteiger partial charge < -0.3 is 9.84 Å². The average Bonchev–Trinajstić information content (AvgIpc) is 2.78. The first-order chi connectivity index (χ1) is 15.4. The molecule has 0 aliphatic carbocycles. The number of nitrogens with one attached hydrogen (secondary N) is 1. The normalized spacial score (nSPS) is 15.2. The van der Waals surface area contributed by atoms with Crippen LogP contribution in [0.1, 0.15) is 22.8 Å². The summed E-state index contributed by atoms with van der Waals surface area (Å²) >= 11 is 5.20. The van der Waals surface area contributed by atoms with Gasteiger partial charge in [-0.2, -0.15) is 0 Å². The Labute approximate surface area is 188 Å². The summed E-state index contributed by atoms with van der Waals surface area (Å²) in [7, 11) is 0. The van der Waals surface area contributed by atoms with Gasteiger partial charge in [-0.05, 0) is 66.5 Å². The molecule has 2 N–H and O–H groups in total. The zero-order chi connectivity index (χ0) is 22.8. The molecule has 32 heavy (non-hydrogen) atoms. The van der Waals surface area contributed by atoms with Crippen molar-refractivity contribution in [3.8, 4) is 5.75 Å². The van der Waals surface area contributed by atoms with Crippen LogP contribution >= 0.6 is 12.2 Å². The van der Waals surface area contributed by atoms with Gasteiger partial charge >= 0.3 is 5.97 Å². The number of carbonyl (C=O) groups excluding carboxylic acids is 2. The summed E-state index contributed by atoms with van der Waals surface area (Å²) in [6, 6.07) is 16.8. The molecule has 3 aromatic carbocycles. The lowest BCUT2D eigenvalue weighted by molar-refractivity contribution is -0.122. The van der Waals surface area contributed by atoms with E-state index in [0.29, 0.717) is 23.6 Å². The van der Waals surface area contributed by atoms with Gasteiger partial charge in [0.1, 0.15) is 11.3 Å². The highest BCUT2D eigenvalue weighted by atomic mass is 32.1. The van der Waals surface area contributed by atoms with Crippen LogP contribution in [-0.2, 0) is 9.59 Å². The number of thiocarbonyl (C=S) groups is 1. The van der Waals surface area contributed by atoms with Crippen molar-refractivity contribution in [2.75, 3.05) is 11.5 Å². The molecule has 3 aromatic rings. The van der Waals surface area contributed by atoms with Crippen molar-refractivity contribution >= 4 is 57.6 Å². The molecule has 0 atom stereocenters. The van der Waals surface area contributed by atoms with Gasteiger partial charge in [-0.15, -0.1) is 0 Å². The van der Waals surface area contributed by atoms with E-state index in [4.69, 9.17) is 22.1 Å². The number of carbonyl (C=O) groups is 3. The summed E-state index contributed by atoms with van der Waals surface area (Å²) in [4.78, 5) is 38.1. The van der Waals surface area contributed by atoms with Crippen LogP contribution in [0.4, 0.5) is 5.69 Å². The van der Waals surface area contributed by atoms with E-state index in [1.807, 2.05) is 31.2 Å². The largest absolute Gasteiger partial charge is 0.493 e. The number of carboxylic acids is 1. The van der Waals surface area contributed by atoms with Crippen molar-refractivity contribution in [2.45, 2.75) is 6.92 Å². The van der Waals surface area contributed by atoms with Crippen LogP contribution in [0.5, 0.6) is 5.75 Å². The number of amides is 2. The Morgan fingerprint density at radius 2 is 1.75 bits per heavy atom. The van der Waals surface area contributed by atoms with Gasteiger partial charge in [0.2, 0.25) is 0 Å². The maximum absolute atomic E-state index is 13.2. The number of rotatable bonds is 5. The van der Waals surface area contributed by atoms with Gasteiger partial charge in [-0.25, -0.2) is 4.79 Å². The molecule has 0 aromatic heterocycles. The fraction of sp³-hybridized carbons (Fsp3) is 0.0833. The van der Waals surface area contributed by atoms with E-state index in [-0.39, 0.29) is 16.2 Å². The van der Waals surface area contributed by atoms with Crippen LogP contribution in [0.3, 0.4) is 0 Å². The number of aromatic carboxylic acids is 1. The van der Waals surface area contributed by atoms with E-state index in [1.54, 1.807) is 12.1 Å². The highest BCUT2D eigenvalue weighted by Gasteiger charge is 2.34. The summed E-state index contributed by atoms with van der Waals surface area (Å²) in [6.07, 6.45) is 1.52. The van der Waals surface area contributed by atoms with Gasteiger partial charge in [0.15, 0.2) is 5.11 Å². The molecule has 0 bridgehead atoms. The van der Waals surface area contributed by atoms with E-state index >= 15 is 0 Å². The monoisotopic (exact) mass is 446 g/mol. The molecular formula is C24H18N2O5S. The van der Waals surface area contributed by atoms with Gasteiger partial charge in [-0.3, -0.25) is 19.8 Å². The zero-order valence-corrected chi connectivity index (χ0v) is 17.8. The Balaban J connectivity index is 1.77. The predicted molar refractivity (Wildman–Crippen MR) is 125 cm³/mol. The number of carboxylic acid groups (broad SMARTS) is 1. The number of benzene rings is 3. The number of anilines is 1. The predicted octanol–water partition coefficient (Wildman–Crippen LogP) is 3.77. The summed E-state index contributed by atoms with van der Waals surface area (Å²) in [5, 5.41) is 13.2. The number of nitrogens with zero attached hydrogens (tertiary/aromatic N) is 1. The third kappa shape index (κ3) is 3.83. The van der Waals surface area contributed by atoms with Crippen molar-refractivity contribution in [1.82, 2.24) is 5.32 Å². The van der Waals surface area contributed by atoms with E-state index in [1.165, 1.54) is 35.2 Å². The smallest absolute Gasteiger partial charge is 0.335 e. The third-order valence-electron chi connectivity index (χ3n) is 4.99. The lowest BCUT2D eigenvalue weighted by Gasteiger charge is -2.29. The van der Waals surface area contributed by atoms with Gasteiger partial charge in [0.05, 0.1) is 17.9 Å². The summed E-state index contributed by atoms with van der Waals surface area (Å²) in [5.74, 6) is -1.57. The molecule has 2 amide bonds. The van der Waals surface area contributed by atoms with E-state index in [0.717, 1.165) is 10.8 Å². The van der Waals surface area contributed by atoms with Crippen molar-refractivity contribution in [2.24, 2.45) is 0 Å². The third-order valence-corrected chi connectivity index (χ3v) is 5.28. The first-order valence-corrected chi connectivity index (χ1v) is 10.2. The first kappa shape index (κ1) is 21.2. The van der Waals surface area contributed by atoms with E-state index in [2.05, 4.69) is 5.32 Å². The summed E-state index contributed by atoms with van der Waals surface area (Å²) < 4.78 is 5.69. The number of fused-ring (bicyclic) bond motifs is 1. The summed E-state index contributed by atoms with van der Waals surface area (Å²) in [6.45, 7) is 2.41. The zero-order valence-electron chi connectivity index (χ0n) is 17.0. The van der Waals surface area contributed by atoms with Crippen LogP contribution < -0.4 is 15.0 Å². The maximum Gasteiger partial charge on any atom is 0.335 e. The Morgan fingerprint density at radius 1 is 1.06 bits per heavy atom. The van der Waals surface area contributed by atoms with Crippen molar-refractivity contribution in [3.05, 3.63) is 77.4 Å². The van der Waals surface area contributed by atoms with Gasteiger partial charge in [-0.1, -0.05) is 30.3 Å². The van der Waals surface area contributed by atoms with Gasteiger partial charge in [0.25, 0.3) is 11.8 Å². The second-order valence-corrected chi connectivity index (χ2v) is 7.33. The Morgan fingerprint density at radius 3 is 2.41 bits per heavy atom. The SMILES string of the molecule is CCOc1ccc(/C=C2\C(=O)NC(=S)N(c3ccc(C(=O)O)cc3)C2=O)c2ccccc12. The lowest BCUT2D eigenvalue weighted by Crippen LogP contribution is -2.54. The molecule has 0 spiro atoms. The second-order valence-electron chi connectivity index (χ2n) is 6.94. The highest BCUT2D eigenvalue weighted by Crippen LogP contribution is 2.31. The first-order valence-electron chi connectivity index (χ1n) is 9.80. The minimum atomic E-state index is -1.08. The molecule has 1 heterocycles. The molecular weight excluding hydrogens is 428 g/mol. The molecule has 8 heteroatoms. The van der Waals surface area contributed by atoms with Crippen LogP contribution in [0.2, 0.25) is 0 Å². The molecule has 1 aliphatic rings. The molecule has 7 nitrogen and oxygen atoms in total. The molecule has 1 aliphatic heterocycles. The standard InChI is InChI=1S/C24H18N2O5S/c1-2-31-20-12-9-15(17-5-3-4-6-18(17)20)13-19-21(27)25-24(32)26(22(19)28)16-10-7-14(8-11-16)23(29)30/h3-13H,2H2,1H3,(H,29,30)(H,25,27,32)/b19-13+. The Bertz CT molecular complexity index is 1300. The number of ether oxygens (including phenoxy) is 1. The van der Waals surface area contributed by atoms with Crippen molar-refractivity contribution in [1.29, 1.82) is 0 Å². The fourth-order valence-electron chi connectivity index (χ4n) is 3.50. The molecule has 1 fully saturated rings. The maximum atomic E-state index is 13.2. The van der Waals surface area contributed by atoms with Crippen LogP contribution in [0, 0.1) is 0 Å². The molecule has 4 rings (SSSR count). The number of hydrogen-bond acceptors (Lipinski definition) is 5. The molecule has 0 radical (unpaired) electrons. The minimum Gasteiger partial charge on any atom is -0.493 e. The lowest BCUT2D eigenvalue weighted by atomic mass is 10.00. The van der Waals surface area contributed by atoms with Crippen LogP contribution in [0.15, 0.2) is 66.2 Å². The quantitative estimate of drug-likeness (QED) is 0.352. The van der Waals surface area contributed by atoms with E-state index in [9.17, 15) is 14.4 Å². The van der Waals surface area contributed by atoms with Crippen LogP contribution in [-0.4, -0.2) is 34.6 Å².